The Morgan fingerprint density at radius 2 is 1.02 bits per heavy atom. The molecule has 3 heteroatoms. The molecule has 0 aliphatic heterocycles. The summed E-state index contributed by atoms with van der Waals surface area (Å²) in [7, 11) is -2.62. The standard InChI is InChI=1S/C43H62O2Si/c1-36(2)21-17-24-39(5)26-18-25-37(3)22-15-16-23-38(4)27-19-28-40(29-20-34-44)35-45-46(43(6,7)8,41-30-11-9-12-31-41)42-32-13-10-14-33-42/h9-14,21-23,26,28,30-34H,15-20,24-25,27,29,35H2,1-8H3/b37-22+,38-23+,39-26+,40-28-. The van der Waals surface area contributed by atoms with Crippen LogP contribution in [-0.2, 0) is 9.22 Å². The van der Waals surface area contributed by atoms with Gasteiger partial charge in [-0.15, -0.1) is 0 Å². The molecule has 0 fully saturated rings. The summed E-state index contributed by atoms with van der Waals surface area (Å²) in [6, 6.07) is 21.6. The molecule has 0 heterocycles. The zero-order valence-electron chi connectivity index (χ0n) is 30.3. The van der Waals surface area contributed by atoms with Crippen molar-refractivity contribution in [2.24, 2.45) is 0 Å². The number of unbranched alkanes of at least 4 members (excludes halogenated alkanes) is 1. The third kappa shape index (κ3) is 13.8. The highest BCUT2D eigenvalue weighted by Gasteiger charge is 2.50. The van der Waals surface area contributed by atoms with E-state index in [9.17, 15) is 4.79 Å². The van der Waals surface area contributed by atoms with E-state index in [4.69, 9.17) is 4.43 Å². The van der Waals surface area contributed by atoms with Gasteiger partial charge >= 0.3 is 0 Å². The SMILES string of the molecule is CC(C)=CCC/C(C)=C/CC/C(C)=C/CC/C=C(\C)CC/C=C(/CCC=O)CO[Si](c1ccccc1)(c1ccccc1)C(C)(C)C. The second-order valence-electron chi connectivity index (χ2n) is 14.1. The van der Waals surface area contributed by atoms with Gasteiger partial charge in [0.2, 0.25) is 0 Å². The van der Waals surface area contributed by atoms with Gasteiger partial charge < -0.3 is 9.22 Å². The van der Waals surface area contributed by atoms with Crippen LogP contribution in [0, 0.1) is 0 Å². The van der Waals surface area contributed by atoms with Crippen LogP contribution in [0.25, 0.3) is 0 Å². The van der Waals surface area contributed by atoms with E-state index in [1.54, 1.807) is 0 Å². The summed E-state index contributed by atoms with van der Waals surface area (Å²) in [5.74, 6) is 0. The molecule has 0 aliphatic carbocycles. The first kappa shape index (κ1) is 39.2. The molecular formula is C43H62O2Si. The van der Waals surface area contributed by atoms with Crippen LogP contribution in [0.15, 0.2) is 119 Å². The van der Waals surface area contributed by atoms with Gasteiger partial charge in [-0.1, -0.05) is 134 Å². The van der Waals surface area contributed by atoms with Gasteiger partial charge in [-0.3, -0.25) is 0 Å². The fourth-order valence-electron chi connectivity index (χ4n) is 6.04. The van der Waals surface area contributed by atoms with Crippen molar-refractivity contribution in [1.29, 1.82) is 0 Å². The maximum absolute atomic E-state index is 11.4. The Morgan fingerprint density at radius 3 is 1.46 bits per heavy atom. The fraction of sp³-hybridized carbons (Fsp3) is 0.465. The smallest absolute Gasteiger partial charge is 0.261 e. The maximum Gasteiger partial charge on any atom is 0.261 e. The molecule has 0 unspecified atom stereocenters. The van der Waals surface area contributed by atoms with Crippen molar-refractivity contribution in [3.05, 3.63) is 119 Å². The van der Waals surface area contributed by atoms with Crippen molar-refractivity contribution in [3.63, 3.8) is 0 Å². The molecular weight excluding hydrogens is 577 g/mol. The first-order chi connectivity index (χ1) is 22.0. The summed E-state index contributed by atoms with van der Waals surface area (Å²) in [6.45, 7) is 18.6. The van der Waals surface area contributed by atoms with E-state index in [0.717, 1.165) is 57.7 Å². The number of rotatable bonds is 20. The molecule has 0 amide bonds. The van der Waals surface area contributed by atoms with E-state index < -0.39 is 8.32 Å². The Morgan fingerprint density at radius 1 is 0.587 bits per heavy atom. The maximum atomic E-state index is 11.4. The van der Waals surface area contributed by atoms with Crippen molar-refractivity contribution in [2.75, 3.05) is 6.61 Å². The molecule has 0 bridgehead atoms. The van der Waals surface area contributed by atoms with E-state index >= 15 is 0 Å². The van der Waals surface area contributed by atoms with Crippen molar-refractivity contribution in [2.45, 2.75) is 125 Å². The number of carbonyl (C=O) groups excluding carboxylic acids is 1. The minimum atomic E-state index is -2.62. The van der Waals surface area contributed by atoms with Crippen LogP contribution in [0.5, 0.6) is 0 Å². The predicted molar refractivity (Wildman–Crippen MR) is 205 cm³/mol. The van der Waals surface area contributed by atoms with Gasteiger partial charge in [0.25, 0.3) is 8.32 Å². The van der Waals surface area contributed by atoms with Crippen LogP contribution in [0.1, 0.15) is 120 Å². The van der Waals surface area contributed by atoms with Gasteiger partial charge in [0.05, 0.1) is 6.61 Å². The summed E-state index contributed by atoms with van der Waals surface area (Å²) in [5.41, 5.74) is 7.06. The summed E-state index contributed by atoms with van der Waals surface area (Å²) >= 11 is 0. The number of aldehydes is 1. The number of hydrogen-bond donors (Lipinski definition) is 0. The van der Waals surface area contributed by atoms with E-state index in [1.165, 1.54) is 44.7 Å². The molecule has 250 valence electrons. The molecule has 2 rings (SSSR count). The largest absolute Gasteiger partial charge is 0.403 e. The van der Waals surface area contributed by atoms with E-state index in [1.807, 2.05) is 0 Å². The lowest BCUT2D eigenvalue weighted by Crippen LogP contribution is -2.66. The lowest BCUT2D eigenvalue weighted by atomic mass is 10.0. The van der Waals surface area contributed by atoms with Gasteiger partial charge in [0.15, 0.2) is 0 Å². The van der Waals surface area contributed by atoms with Gasteiger partial charge in [-0.25, -0.2) is 0 Å². The lowest BCUT2D eigenvalue weighted by molar-refractivity contribution is -0.107. The van der Waals surface area contributed by atoms with Crippen molar-refractivity contribution in [3.8, 4) is 0 Å². The molecule has 0 saturated carbocycles. The zero-order valence-corrected chi connectivity index (χ0v) is 31.3. The average Bonchev–Trinajstić information content (AvgIpc) is 3.02. The van der Waals surface area contributed by atoms with Crippen molar-refractivity contribution < 1.29 is 9.22 Å². The molecule has 2 aromatic rings. The molecule has 46 heavy (non-hydrogen) atoms. The topological polar surface area (TPSA) is 26.3 Å². The van der Waals surface area contributed by atoms with Gasteiger partial charge in [0, 0.05) is 6.42 Å². The Hall–Kier alpha value is -3.01. The average molecular weight is 639 g/mol. The summed E-state index contributed by atoms with van der Waals surface area (Å²) in [4.78, 5) is 11.4. The normalized spacial score (nSPS) is 13.6. The second-order valence-corrected chi connectivity index (χ2v) is 18.5. The minimum absolute atomic E-state index is 0.0709. The van der Waals surface area contributed by atoms with Crippen LogP contribution >= 0.6 is 0 Å². The van der Waals surface area contributed by atoms with Gasteiger partial charge in [-0.05, 0) is 113 Å². The highest BCUT2D eigenvalue weighted by Crippen LogP contribution is 2.37. The summed E-state index contributed by atoms with van der Waals surface area (Å²) < 4.78 is 7.18. The van der Waals surface area contributed by atoms with Gasteiger partial charge in [0.1, 0.15) is 6.29 Å². The number of carbonyl (C=O) groups is 1. The second kappa shape index (κ2) is 21.0. The predicted octanol–water partition coefficient (Wildman–Crippen LogP) is 11.4. The summed E-state index contributed by atoms with van der Waals surface area (Å²) in [5, 5.41) is 2.50. The van der Waals surface area contributed by atoms with Crippen LogP contribution in [-0.4, -0.2) is 21.2 Å². The van der Waals surface area contributed by atoms with Crippen molar-refractivity contribution >= 4 is 25.0 Å². The van der Waals surface area contributed by atoms with Crippen molar-refractivity contribution in [1.82, 2.24) is 0 Å². The monoisotopic (exact) mass is 638 g/mol. The van der Waals surface area contributed by atoms with Gasteiger partial charge in [-0.2, -0.15) is 0 Å². The summed E-state index contributed by atoms with van der Waals surface area (Å²) in [6.07, 6.45) is 23.0. The molecule has 0 spiro atoms. The number of benzene rings is 2. The highest BCUT2D eigenvalue weighted by atomic mass is 28.4. The molecule has 0 aliphatic rings. The van der Waals surface area contributed by atoms with Crippen LogP contribution in [0.3, 0.4) is 0 Å². The minimum Gasteiger partial charge on any atom is -0.403 e. The first-order valence-electron chi connectivity index (χ1n) is 17.5. The quantitative estimate of drug-likeness (QED) is 0.0624. The molecule has 2 nitrogen and oxygen atoms in total. The Kier molecular flexibility index (Phi) is 17.9. The van der Waals surface area contributed by atoms with Crippen LogP contribution in [0.2, 0.25) is 5.04 Å². The molecule has 0 radical (unpaired) electrons. The Balaban J connectivity index is 2.00. The molecule has 2 aromatic carbocycles. The van der Waals surface area contributed by atoms with E-state index in [-0.39, 0.29) is 5.04 Å². The first-order valence-corrected chi connectivity index (χ1v) is 19.4. The van der Waals surface area contributed by atoms with E-state index in [2.05, 4.69) is 146 Å². The molecule has 0 N–H and O–H groups in total. The number of allylic oxidation sites excluding steroid dienone is 9. The van der Waals surface area contributed by atoms with E-state index in [0.29, 0.717) is 13.0 Å². The highest BCUT2D eigenvalue weighted by molar-refractivity contribution is 6.99. The molecule has 0 atom stereocenters. The fourth-order valence-corrected chi connectivity index (χ4v) is 10.6. The third-order valence-electron chi connectivity index (χ3n) is 8.72. The third-order valence-corrected chi connectivity index (χ3v) is 13.7. The Labute approximate surface area is 283 Å². The zero-order chi connectivity index (χ0) is 33.8. The molecule has 0 saturated heterocycles. The van der Waals surface area contributed by atoms with Crippen LogP contribution in [0.4, 0.5) is 0 Å². The Bertz CT molecular complexity index is 1280. The van der Waals surface area contributed by atoms with Crippen LogP contribution < -0.4 is 10.4 Å². The number of hydrogen-bond acceptors (Lipinski definition) is 2. The lowest BCUT2D eigenvalue weighted by Gasteiger charge is -2.43. The molecule has 0 aromatic heterocycles.